The Morgan fingerprint density at radius 2 is 2.14 bits per heavy atom. The van der Waals surface area contributed by atoms with Gasteiger partial charge in [-0.1, -0.05) is 31.5 Å². The van der Waals surface area contributed by atoms with Crippen molar-refractivity contribution in [1.82, 2.24) is 15.5 Å². The number of hydrogen-bond acceptors (Lipinski definition) is 4. The van der Waals surface area contributed by atoms with Gasteiger partial charge in [0.25, 0.3) is 0 Å². The van der Waals surface area contributed by atoms with Gasteiger partial charge in [0.2, 0.25) is 11.8 Å². The van der Waals surface area contributed by atoms with Gasteiger partial charge in [0.15, 0.2) is 0 Å². The van der Waals surface area contributed by atoms with Crippen molar-refractivity contribution >= 4 is 11.8 Å². The number of para-hydroxylation sites is 1. The van der Waals surface area contributed by atoms with E-state index in [1.807, 2.05) is 29.2 Å². The number of methoxy groups -OCH3 is 1. The fourth-order valence-corrected chi connectivity index (χ4v) is 4.40. The van der Waals surface area contributed by atoms with E-state index in [9.17, 15) is 9.59 Å². The van der Waals surface area contributed by atoms with E-state index in [2.05, 4.69) is 17.6 Å². The lowest BCUT2D eigenvalue weighted by atomic mass is 9.83. The first-order valence-electron chi connectivity index (χ1n) is 10.6. The van der Waals surface area contributed by atoms with Crippen molar-refractivity contribution in [2.24, 2.45) is 5.92 Å². The summed E-state index contributed by atoms with van der Waals surface area (Å²) in [5.74, 6) is 0.649. The summed E-state index contributed by atoms with van der Waals surface area (Å²) in [5.41, 5.74) is 0.924. The van der Waals surface area contributed by atoms with Crippen LogP contribution in [0.25, 0.3) is 0 Å². The van der Waals surface area contributed by atoms with Crippen LogP contribution in [0.2, 0.25) is 0 Å². The number of ether oxygens (including phenoxy) is 1. The molecule has 0 bridgehead atoms. The van der Waals surface area contributed by atoms with Crippen molar-refractivity contribution in [1.29, 1.82) is 0 Å². The zero-order valence-corrected chi connectivity index (χ0v) is 17.1. The monoisotopic (exact) mass is 387 g/mol. The van der Waals surface area contributed by atoms with Crippen LogP contribution >= 0.6 is 0 Å². The van der Waals surface area contributed by atoms with E-state index in [0.717, 1.165) is 43.5 Å². The van der Waals surface area contributed by atoms with Crippen LogP contribution in [-0.4, -0.2) is 49.5 Å². The molecule has 2 saturated heterocycles. The van der Waals surface area contributed by atoms with Gasteiger partial charge < -0.3 is 20.3 Å². The van der Waals surface area contributed by atoms with Gasteiger partial charge in [-0.05, 0) is 38.3 Å². The Morgan fingerprint density at radius 1 is 1.32 bits per heavy atom. The van der Waals surface area contributed by atoms with Crippen LogP contribution in [0.4, 0.5) is 0 Å². The lowest BCUT2D eigenvalue weighted by molar-refractivity contribution is -0.143. The minimum Gasteiger partial charge on any atom is -0.496 e. The molecule has 3 rings (SSSR count). The first-order chi connectivity index (χ1) is 13.7. The summed E-state index contributed by atoms with van der Waals surface area (Å²) < 4.78 is 5.58. The zero-order chi connectivity index (χ0) is 19.9. The first-order valence-corrected chi connectivity index (χ1v) is 10.6. The summed E-state index contributed by atoms with van der Waals surface area (Å²) in [5, 5.41) is 6.56. The summed E-state index contributed by atoms with van der Waals surface area (Å²) in [7, 11) is 1.64. The van der Waals surface area contributed by atoms with E-state index in [1.165, 1.54) is 0 Å². The predicted octanol–water partition coefficient (Wildman–Crippen LogP) is 2.64. The number of hydrogen-bond donors (Lipinski definition) is 2. The molecule has 0 aliphatic carbocycles. The van der Waals surface area contributed by atoms with Gasteiger partial charge in [-0.2, -0.15) is 0 Å². The molecular formula is C22H33N3O3. The molecule has 3 unspecified atom stereocenters. The summed E-state index contributed by atoms with van der Waals surface area (Å²) >= 11 is 0. The number of piperidine rings is 1. The van der Waals surface area contributed by atoms with Gasteiger partial charge in [-0.3, -0.25) is 9.59 Å². The molecule has 2 amide bonds. The maximum atomic E-state index is 13.1. The van der Waals surface area contributed by atoms with Crippen molar-refractivity contribution in [2.75, 3.05) is 26.7 Å². The number of amides is 2. The fourth-order valence-electron chi connectivity index (χ4n) is 4.40. The number of likely N-dealkylation sites (tertiary alicyclic amines) is 1. The van der Waals surface area contributed by atoms with E-state index >= 15 is 0 Å². The lowest BCUT2D eigenvalue weighted by Crippen LogP contribution is -2.49. The maximum Gasteiger partial charge on any atom is 0.225 e. The molecule has 0 spiro atoms. The molecule has 2 heterocycles. The number of nitrogens with zero attached hydrogens (tertiary/aromatic N) is 1. The average molecular weight is 388 g/mol. The Kier molecular flexibility index (Phi) is 7.31. The number of unbranched alkanes of at least 4 members (excludes halogenated alkanes) is 1. The number of nitrogens with one attached hydrogen (secondary N) is 2. The molecule has 2 aliphatic heterocycles. The Labute approximate surface area is 168 Å². The molecule has 3 atom stereocenters. The molecule has 0 radical (unpaired) electrons. The summed E-state index contributed by atoms with van der Waals surface area (Å²) in [6.45, 7) is 4.46. The minimum absolute atomic E-state index is 0.0404. The van der Waals surface area contributed by atoms with Crippen LogP contribution in [0.5, 0.6) is 5.75 Å². The highest BCUT2D eigenvalue weighted by atomic mass is 16.5. The Bertz CT molecular complexity index is 673. The molecule has 28 heavy (non-hydrogen) atoms. The molecule has 6 heteroatoms. The van der Waals surface area contributed by atoms with Crippen molar-refractivity contribution in [2.45, 2.75) is 57.5 Å². The van der Waals surface area contributed by atoms with E-state index in [-0.39, 0.29) is 23.8 Å². The summed E-state index contributed by atoms with van der Waals surface area (Å²) in [6, 6.07) is 7.84. The van der Waals surface area contributed by atoms with Gasteiger partial charge in [-0.25, -0.2) is 0 Å². The van der Waals surface area contributed by atoms with Gasteiger partial charge in [0, 0.05) is 31.1 Å². The van der Waals surface area contributed by atoms with Crippen LogP contribution < -0.4 is 15.4 Å². The van der Waals surface area contributed by atoms with Crippen LogP contribution in [0, 0.1) is 5.92 Å². The number of carbonyl (C=O) groups excluding carboxylic acids is 2. The highest BCUT2D eigenvalue weighted by molar-refractivity contribution is 5.85. The summed E-state index contributed by atoms with van der Waals surface area (Å²) in [6.07, 6.45) is 5.20. The molecule has 0 aromatic heterocycles. The SMILES string of the molecule is CCCCN1C(=O)CCC(C(=O)NCC2CCCN2)C1c1ccccc1OC. The lowest BCUT2D eigenvalue weighted by Gasteiger charge is -2.41. The second-order valence-electron chi connectivity index (χ2n) is 7.81. The van der Waals surface area contributed by atoms with Gasteiger partial charge in [0.05, 0.1) is 19.1 Å². The fraction of sp³-hybridized carbons (Fsp3) is 0.636. The van der Waals surface area contributed by atoms with Crippen LogP contribution in [0.15, 0.2) is 24.3 Å². The zero-order valence-electron chi connectivity index (χ0n) is 17.1. The number of carbonyl (C=O) groups is 2. The maximum absolute atomic E-state index is 13.1. The van der Waals surface area contributed by atoms with Gasteiger partial charge >= 0.3 is 0 Å². The molecule has 1 aromatic carbocycles. The first kappa shape index (κ1) is 20.6. The van der Waals surface area contributed by atoms with Crippen LogP contribution in [0.3, 0.4) is 0 Å². The second kappa shape index (κ2) is 9.92. The molecule has 2 N–H and O–H groups in total. The molecule has 2 fully saturated rings. The second-order valence-corrected chi connectivity index (χ2v) is 7.81. The van der Waals surface area contributed by atoms with E-state index in [0.29, 0.717) is 32.0 Å². The average Bonchev–Trinajstić information content (AvgIpc) is 3.24. The largest absolute Gasteiger partial charge is 0.496 e. The quantitative estimate of drug-likeness (QED) is 0.719. The molecule has 1 aromatic rings. The Hall–Kier alpha value is -2.08. The van der Waals surface area contributed by atoms with Gasteiger partial charge in [-0.15, -0.1) is 0 Å². The minimum atomic E-state index is -0.277. The molecule has 0 saturated carbocycles. The van der Waals surface area contributed by atoms with Crippen molar-refractivity contribution in [3.05, 3.63) is 29.8 Å². The predicted molar refractivity (Wildman–Crippen MR) is 109 cm³/mol. The van der Waals surface area contributed by atoms with Gasteiger partial charge in [0.1, 0.15) is 5.75 Å². The molecular weight excluding hydrogens is 354 g/mol. The molecule has 2 aliphatic rings. The third-order valence-electron chi connectivity index (χ3n) is 5.94. The summed E-state index contributed by atoms with van der Waals surface area (Å²) in [4.78, 5) is 27.8. The topological polar surface area (TPSA) is 70.7 Å². The molecule has 6 nitrogen and oxygen atoms in total. The van der Waals surface area contributed by atoms with Crippen LogP contribution in [0.1, 0.15) is 57.1 Å². The highest BCUT2D eigenvalue weighted by Gasteiger charge is 2.41. The van der Waals surface area contributed by atoms with Crippen LogP contribution in [-0.2, 0) is 9.59 Å². The number of rotatable bonds is 8. The third-order valence-corrected chi connectivity index (χ3v) is 5.94. The Morgan fingerprint density at radius 3 is 2.86 bits per heavy atom. The third kappa shape index (κ3) is 4.66. The molecule has 154 valence electrons. The van der Waals surface area contributed by atoms with Crippen molar-refractivity contribution in [3.63, 3.8) is 0 Å². The Balaban J connectivity index is 1.84. The number of benzene rings is 1. The van der Waals surface area contributed by atoms with E-state index in [4.69, 9.17) is 4.74 Å². The van der Waals surface area contributed by atoms with Crippen molar-refractivity contribution in [3.8, 4) is 5.75 Å². The van der Waals surface area contributed by atoms with E-state index < -0.39 is 0 Å². The standard InChI is InChI=1S/C22H33N3O3/c1-3-4-14-25-20(26)12-11-18(22(27)24-15-16-8-7-13-23-16)21(25)17-9-5-6-10-19(17)28-2/h5-6,9-10,16,18,21,23H,3-4,7-8,11-15H2,1-2H3,(H,24,27). The van der Waals surface area contributed by atoms with E-state index in [1.54, 1.807) is 7.11 Å². The highest BCUT2D eigenvalue weighted by Crippen LogP contribution is 2.40. The van der Waals surface area contributed by atoms with Crippen molar-refractivity contribution < 1.29 is 14.3 Å². The normalized spacial score (nSPS) is 25.0. The smallest absolute Gasteiger partial charge is 0.225 e.